The van der Waals surface area contributed by atoms with E-state index in [4.69, 9.17) is 24.8 Å². The van der Waals surface area contributed by atoms with Gasteiger partial charge in [0.05, 0.1) is 19.3 Å². The second kappa shape index (κ2) is 36.8. The molecule has 0 saturated heterocycles. The lowest BCUT2D eigenvalue weighted by atomic mass is 10.1. The van der Waals surface area contributed by atoms with Crippen LogP contribution in [0, 0.1) is 0 Å². The van der Waals surface area contributed by atoms with E-state index in [1.807, 2.05) is 19.1 Å². The van der Waals surface area contributed by atoms with Crippen LogP contribution in [-0.4, -0.2) is 71.1 Å². The molecule has 12 nitrogen and oxygen atoms in total. The molecule has 0 aliphatic heterocycles. The van der Waals surface area contributed by atoms with Gasteiger partial charge in [-0.15, -0.1) is 0 Å². The van der Waals surface area contributed by atoms with E-state index in [2.05, 4.69) is 60.1 Å². The van der Waals surface area contributed by atoms with Gasteiger partial charge in [-0.05, 0) is 90.4 Å². The molecule has 0 rings (SSSR count). The number of carboxylic acids is 1. The molecule has 0 heterocycles. The summed E-state index contributed by atoms with van der Waals surface area (Å²) in [6.07, 6.45) is 38.6. The Hall–Kier alpha value is -2.86. The van der Waals surface area contributed by atoms with Crippen LogP contribution in [0.3, 0.4) is 0 Å². The predicted molar refractivity (Wildman–Crippen MR) is 218 cm³/mol. The maximum Gasteiger partial charge on any atom is 0.472 e. The minimum Gasteiger partial charge on any atom is -0.480 e. The number of carboxylic acid groups (broad SMARTS) is 1. The summed E-state index contributed by atoms with van der Waals surface area (Å²) >= 11 is 0. The Morgan fingerprint density at radius 2 is 1.11 bits per heavy atom. The summed E-state index contributed by atoms with van der Waals surface area (Å²) in [5, 5.41) is 18.1. The van der Waals surface area contributed by atoms with Crippen molar-refractivity contribution in [3.05, 3.63) is 60.8 Å². The van der Waals surface area contributed by atoms with Crippen LogP contribution in [0.25, 0.3) is 0 Å². The zero-order valence-corrected chi connectivity index (χ0v) is 34.5. The number of hydrogen-bond acceptors (Lipinski definition) is 10. The molecule has 0 saturated carbocycles. The number of rotatable bonds is 37. The summed E-state index contributed by atoms with van der Waals surface area (Å²) in [4.78, 5) is 45.8. The quantitative estimate of drug-likeness (QED) is 0.0202. The molecule has 1 unspecified atom stereocenters. The van der Waals surface area contributed by atoms with Crippen molar-refractivity contribution < 1.29 is 52.6 Å². The molecule has 0 radical (unpaired) electrons. The van der Waals surface area contributed by atoms with Crippen LogP contribution in [0.2, 0.25) is 0 Å². The fraction of sp³-hybridized carbons (Fsp3) is 0.690. The van der Waals surface area contributed by atoms with Gasteiger partial charge in [0.25, 0.3) is 0 Å². The van der Waals surface area contributed by atoms with E-state index in [0.717, 1.165) is 77.0 Å². The largest absolute Gasteiger partial charge is 0.480 e. The highest BCUT2D eigenvalue weighted by Crippen LogP contribution is 2.43. The molecular weight excluding hydrogens is 725 g/mol. The number of unbranched alkanes of at least 4 members (excludes halogenated alkanes) is 11. The Bertz CT molecular complexity index is 1180. The molecule has 13 heteroatoms. The minimum absolute atomic E-state index is 0.0694. The van der Waals surface area contributed by atoms with Gasteiger partial charge in [-0.25, -0.2) is 4.57 Å². The van der Waals surface area contributed by atoms with E-state index < -0.39 is 51.1 Å². The molecule has 55 heavy (non-hydrogen) atoms. The highest BCUT2D eigenvalue weighted by molar-refractivity contribution is 7.47. The molecule has 316 valence electrons. The summed E-state index contributed by atoms with van der Waals surface area (Å²) in [6.45, 7) is 2.24. The highest BCUT2D eigenvalue weighted by atomic mass is 31.2. The number of phosphoric acid groups is 1. The van der Waals surface area contributed by atoms with Gasteiger partial charge in [0, 0.05) is 12.8 Å². The van der Waals surface area contributed by atoms with Crippen molar-refractivity contribution in [2.75, 3.05) is 19.8 Å². The predicted octanol–water partition coefficient (Wildman–Crippen LogP) is 9.36. The number of carbonyl (C=O) groups is 3. The molecule has 4 atom stereocenters. The van der Waals surface area contributed by atoms with Gasteiger partial charge >= 0.3 is 25.7 Å². The molecule has 0 amide bonds. The molecule has 0 aliphatic rings. The molecule has 0 aliphatic carbocycles. The molecule has 0 aromatic heterocycles. The van der Waals surface area contributed by atoms with Crippen LogP contribution < -0.4 is 5.73 Å². The van der Waals surface area contributed by atoms with Crippen molar-refractivity contribution in [2.45, 2.75) is 167 Å². The second-order valence-corrected chi connectivity index (χ2v) is 15.1. The first-order valence-electron chi connectivity index (χ1n) is 20.3. The summed E-state index contributed by atoms with van der Waals surface area (Å²) in [7, 11) is -4.74. The zero-order valence-electron chi connectivity index (χ0n) is 33.6. The molecule has 0 aromatic rings. The third kappa shape index (κ3) is 37.8. The normalized spacial score (nSPS) is 15.0. The van der Waals surface area contributed by atoms with Crippen LogP contribution in [-0.2, 0) is 37.5 Å². The van der Waals surface area contributed by atoms with Gasteiger partial charge in [0.15, 0.2) is 6.10 Å². The smallest absolute Gasteiger partial charge is 0.472 e. The maximum atomic E-state index is 12.6. The number of carbonyl (C=O) groups excluding carboxylic acids is 2. The Labute approximate surface area is 330 Å². The number of phosphoric ester groups is 1. The van der Waals surface area contributed by atoms with E-state index in [0.29, 0.717) is 19.3 Å². The fourth-order valence-electron chi connectivity index (χ4n) is 5.01. The number of aliphatic hydroxyl groups excluding tert-OH is 1. The highest BCUT2D eigenvalue weighted by Gasteiger charge is 2.28. The van der Waals surface area contributed by atoms with Crippen molar-refractivity contribution in [3.8, 4) is 0 Å². The number of allylic oxidation sites excluding steroid dienone is 10. The lowest BCUT2D eigenvalue weighted by Gasteiger charge is -2.20. The minimum atomic E-state index is -4.74. The summed E-state index contributed by atoms with van der Waals surface area (Å²) in [5.41, 5.74) is 5.31. The van der Waals surface area contributed by atoms with E-state index in [-0.39, 0.29) is 25.6 Å². The monoisotopic (exact) mass is 797 g/mol. The molecule has 0 spiro atoms. The molecular formula is C42H72NO11P. The first-order chi connectivity index (χ1) is 26.5. The lowest BCUT2D eigenvalue weighted by molar-refractivity contribution is -0.161. The van der Waals surface area contributed by atoms with Crippen LogP contribution in [0.1, 0.15) is 149 Å². The van der Waals surface area contributed by atoms with E-state index in [1.54, 1.807) is 0 Å². The second-order valence-electron chi connectivity index (χ2n) is 13.7. The SMILES string of the molecule is CCCCCC/C=C\CCCCCCCC(=O)OC[C@H](COP(=O)(O)OC[C@H](N)C(=O)O)OC(=O)CCC/C=C\C/C=C\C/C=C\C/C=C\CCC[C@H](C)O. The Balaban J connectivity index is 4.53. The first kappa shape index (κ1) is 52.1. The van der Waals surface area contributed by atoms with Gasteiger partial charge in [0.2, 0.25) is 0 Å². The molecule has 0 aromatic carbocycles. The number of hydrogen-bond donors (Lipinski definition) is 4. The zero-order chi connectivity index (χ0) is 40.8. The van der Waals surface area contributed by atoms with Gasteiger partial charge in [-0.2, -0.15) is 0 Å². The summed E-state index contributed by atoms with van der Waals surface area (Å²) in [6, 6.07) is -1.54. The van der Waals surface area contributed by atoms with Gasteiger partial charge in [-0.3, -0.25) is 23.4 Å². The van der Waals surface area contributed by atoms with Crippen molar-refractivity contribution in [2.24, 2.45) is 5.73 Å². The number of esters is 2. The maximum absolute atomic E-state index is 12.6. The van der Waals surface area contributed by atoms with Crippen molar-refractivity contribution in [1.82, 2.24) is 0 Å². The van der Waals surface area contributed by atoms with Crippen molar-refractivity contribution in [3.63, 3.8) is 0 Å². The topological polar surface area (TPSA) is 192 Å². The summed E-state index contributed by atoms with van der Waals surface area (Å²) in [5.74, 6) is -2.49. The number of nitrogens with two attached hydrogens (primary N) is 1. The summed E-state index contributed by atoms with van der Waals surface area (Å²) < 4.78 is 32.5. The van der Waals surface area contributed by atoms with Crippen molar-refractivity contribution >= 4 is 25.7 Å². The number of aliphatic carboxylic acids is 1. The number of aliphatic hydroxyl groups is 1. The Morgan fingerprint density at radius 3 is 1.69 bits per heavy atom. The lowest BCUT2D eigenvalue weighted by Crippen LogP contribution is -2.34. The molecule has 5 N–H and O–H groups in total. The average molecular weight is 798 g/mol. The van der Waals surface area contributed by atoms with E-state index >= 15 is 0 Å². The van der Waals surface area contributed by atoms with Crippen LogP contribution in [0.15, 0.2) is 60.8 Å². The molecule has 0 bridgehead atoms. The third-order valence-corrected chi connectivity index (χ3v) is 9.21. The van der Waals surface area contributed by atoms with Gasteiger partial charge in [-0.1, -0.05) is 106 Å². The van der Waals surface area contributed by atoms with E-state index in [9.17, 15) is 28.9 Å². The Kier molecular flexibility index (Phi) is 34.8. The van der Waals surface area contributed by atoms with Gasteiger partial charge < -0.3 is 30.3 Å². The van der Waals surface area contributed by atoms with Gasteiger partial charge in [0.1, 0.15) is 12.6 Å². The molecule has 0 fully saturated rings. The standard InChI is InChI=1S/C42H72NO11P/c1-3-4-5-6-7-8-9-13-17-20-23-26-29-32-40(45)51-34-38(35-52-55(49,50)53-36-39(43)42(47)48)54-41(46)33-30-27-24-21-18-15-12-10-11-14-16-19-22-25-28-31-37(2)44/h8-9,11-12,14-15,19,21-22,24,37-39,44H,3-7,10,13,16-18,20,23,25-36,43H2,1-2H3,(H,47,48)(H,49,50)/b9-8-,14-11-,15-12-,22-19-,24-21-/t37-,38+,39-/m0/s1. The fourth-order valence-corrected chi connectivity index (χ4v) is 5.79. The average Bonchev–Trinajstić information content (AvgIpc) is 3.14. The van der Waals surface area contributed by atoms with Crippen LogP contribution in [0.5, 0.6) is 0 Å². The van der Waals surface area contributed by atoms with Crippen LogP contribution in [0.4, 0.5) is 0 Å². The third-order valence-electron chi connectivity index (χ3n) is 8.26. The number of ether oxygens (including phenoxy) is 2. The van der Waals surface area contributed by atoms with Crippen LogP contribution >= 0.6 is 7.82 Å². The van der Waals surface area contributed by atoms with E-state index in [1.165, 1.54) is 25.7 Å². The Morgan fingerprint density at radius 1 is 0.636 bits per heavy atom. The van der Waals surface area contributed by atoms with Crippen molar-refractivity contribution in [1.29, 1.82) is 0 Å². The first-order valence-corrected chi connectivity index (χ1v) is 21.8.